The Balaban J connectivity index is 1.87. The average molecular weight is 356 g/mol. The Kier molecular flexibility index (Phi) is 5.53. The molecule has 1 aromatic carbocycles. The largest absolute Gasteiger partial charge is 0.345 e. The molecule has 1 atom stereocenters. The molecule has 1 unspecified atom stereocenters. The number of carbonyl (C=O) groups is 1. The lowest BCUT2D eigenvalue weighted by atomic mass is 10.1. The second-order valence-electron chi connectivity index (χ2n) is 6.47. The summed E-state index contributed by atoms with van der Waals surface area (Å²) in [4.78, 5) is 13.0. The van der Waals surface area contributed by atoms with E-state index in [2.05, 4.69) is 48.3 Å². The van der Waals surface area contributed by atoms with E-state index in [0.717, 1.165) is 28.8 Å². The summed E-state index contributed by atoms with van der Waals surface area (Å²) < 4.78 is 4.22. The third-order valence-electron chi connectivity index (χ3n) is 4.46. The van der Waals surface area contributed by atoms with Crippen molar-refractivity contribution in [1.29, 1.82) is 0 Å². The molecule has 0 fully saturated rings. The first-order valence-corrected chi connectivity index (χ1v) is 10.0. The number of aromatic nitrogens is 2. The first-order valence-electron chi connectivity index (χ1n) is 8.63. The summed E-state index contributed by atoms with van der Waals surface area (Å²) in [6.07, 6.45) is 8.88. The number of rotatable bonds is 7. The predicted octanol–water partition coefficient (Wildman–Crippen LogP) is 4.96. The van der Waals surface area contributed by atoms with Gasteiger partial charge in [0, 0.05) is 30.0 Å². The second kappa shape index (κ2) is 7.83. The van der Waals surface area contributed by atoms with Crippen LogP contribution in [0.4, 0.5) is 5.69 Å². The van der Waals surface area contributed by atoms with Gasteiger partial charge in [0.1, 0.15) is 6.04 Å². The van der Waals surface area contributed by atoms with E-state index in [0.29, 0.717) is 6.04 Å². The normalized spacial score (nSPS) is 12.6. The van der Waals surface area contributed by atoms with Gasteiger partial charge in [0.15, 0.2) is 0 Å². The van der Waals surface area contributed by atoms with Crippen LogP contribution in [0.5, 0.6) is 0 Å². The van der Waals surface area contributed by atoms with Gasteiger partial charge in [-0.2, -0.15) is 11.8 Å². The van der Waals surface area contributed by atoms with Crippen LogP contribution in [0.2, 0.25) is 0 Å². The minimum atomic E-state index is -0.190. The maximum atomic E-state index is 13.0. The lowest BCUT2D eigenvalue weighted by molar-refractivity contribution is -0.119. The number of thioether (sulfide) groups is 1. The van der Waals surface area contributed by atoms with Gasteiger partial charge in [-0.3, -0.25) is 4.79 Å². The van der Waals surface area contributed by atoms with Crippen molar-refractivity contribution in [2.45, 2.75) is 32.4 Å². The van der Waals surface area contributed by atoms with Gasteiger partial charge in [-0.15, -0.1) is 0 Å². The molecule has 0 saturated heterocycles. The number of nitrogens with one attached hydrogen (secondary N) is 1. The molecule has 0 aliphatic rings. The summed E-state index contributed by atoms with van der Waals surface area (Å²) >= 11 is 1.76. The van der Waals surface area contributed by atoms with E-state index in [1.54, 1.807) is 11.8 Å². The highest BCUT2D eigenvalue weighted by atomic mass is 32.2. The molecule has 25 heavy (non-hydrogen) atoms. The molecule has 1 amide bonds. The molecule has 0 radical (unpaired) electrons. The second-order valence-corrected chi connectivity index (χ2v) is 7.46. The zero-order valence-electron chi connectivity index (χ0n) is 15.0. The van der Waals surface area contributed by atoms with Gasteiger partial charge < -0.3 is 14.5 Å². The Morgan fingerprint density at radius 2 is 1.88 bits per heavy atom. The van der Waals surface area contributed by atoms with Gasteiger partial charge in [0.2, 0.25) is 5.91 Å². The molecule has 0 saturated carbocycles. The molecule has 2 aromatic heterocycles. The average Bonchev–Trinajstić information content (AvgIpc) is 3.25. The topological polar surface area (TPSA) is 39.0 Å². The molecule has 5 heteroatoms. The van der Waals surface area contributed by atoms with Crippen molar-refractivity contribution >= 4 is 34.3 Å². The molecule has 0 bridgehead atoms. The molecular formula is C20H25N3OS. The molecular weight excluding hydrogens is 330 g/mol. The van der Waals surface area contributed by atoms with Crippen molar-refractivity contribution < 1.29 is 4.79 Å². The van der Waals surface area contributed by atoms with Gasteiger partial charge in [-0.05, 0) is 62.6 Å². The number of nitrogens with zero attached hydrogens (tertiary/aromatic N) is 2. The zero-order chi connectivity index (χ0) is 17.8. The van der Waals surface area contributed by atoms with Gasteiger partial charge in [-0.1, -0.05) is 6.07 Å². The van der Waals surface area contributed by atoms with Crippen molar-refractivity contribution in [3.63, 3.8) is 0 Å². The molecule has 2 heterocycles. The Bertz CT molecular complexity index is 836. The molecule has 1 N–H and O–H groups in total. The summed E-state index contributed by atoms with van der Waals surface area (Å²) in [6, 6.07) is 12.3. The maximum absolute atomic E-state index is 13.0. The fraction of sp³-hybridized carbons (Fsp3) is 0.350. The fourth-order valence-corrected chi connectivity index (χ4v) is 3.62. The lowest BCUT2D eigenvalue weighted by Gasteiger charge is -2.19. The Hall–Kier alpha value is -2.14. The number of hydrogen-bond acceptors (Lipinski definition) is 2. The monoisotopic (exact) mass is 355 g/mol. The van der Waals surface area contributed by atoms with E-state index in [-0.39, 0.29) is 11.9 Å². The van der Waals surface area contributed by atoms with Crippen LogP contribution in [0.25, 0.3) is 10.9 Å². The van der Waals surface area contributed by atoms with Gasteiger partial charge in [-0.25, -0.2) is 0 Å². The summed E-state index contributed by atoms with van der Waals surface area (Å²) in [5.41, 5.74) is 2.03. The van der Waals surface area contributed by atoms with Crippen LogP contribution in [0.3, 0.4) is 0 Å². The van der Waals surface area contributed by atoms with E-state index in [9.17, 15) is 4.79 Å². The zero-order valence-corrected chi connectivity index (χ0v) is 15.8. The van der Waals surface area contributed by atoms with Crippen molar-refractivity contribution in [3.05, 3.63) is 55.0 Å². The number of anilines is 1. The van der Waals surface area contributed by atoms with Crippen LogP contribution < -0.4 is 5.32 Å². The van der Waals surface area contributed by atoms with Gasteiger partial charge in [0.05, 0.1) is 11.2 Å². The molecule has 0 aliphatic heterocycles. The van der Waals surface area contributed by atoms with Gasteiger partial charge >= 0.3 is 0 Å². The summed E-state index contributed by atoms with van der Waals surface area (Å²) in [6.45, 7) is 4.32. The quantitative estimate of drug-likeness (QED) is 0.651. The minimum absolute atomic E-state index is 0.0371. The van der Waals surface area contributed by atoms with Crippen LogP contribution in [0.1, 0.15) is 32.4 Å². The third-order valence-corrected chi connectivity index (χ3v) is 5.11. The summed E-state index contributed by atoms with van der Waals surface area (Å²) in [5, 5.41) is 4.24. The molecule has 3 aromatic rings. The van der Waals surface area contributed by atoms with Crippen LogP contribution >= 0.6 is 11.8 Å². The van der Waals surface area contributed by atoms with Gasteiger partial charge in [0.25, 0.3) is 0 Å². The summed E-state index contributed by atoms with van der Waals surface area (Å²) in [7, 11) is 0. The van der Waals surface area contributed by atoms with E-state index in [4.69, 9.17) is 0 Å². The highest BCUT2D eigenvalue weighted by Gasteiger charge is 2.20. The Morgan fingerprint density at radius 3 is 2.56 bits per heavy atom. The number of amides is 1. The highest BCUT2D eigenvalue weighted by molar-refractivity contribution is 7.98. The van der Waals surface area contributed by atoms with E-state index >= 15 is 0 Å². The molecule has 4 nitrogen and oxygen atoms in total. The molecule has 0 spiro atoms. The number of hydrogen-bond donors (Lipinski definition) is 1. The Labute approximate surface area is 153 Å². The molecule has 132 valence electrons. The van der Waals surface area contributed by atoms with E-state index in [1.165, 1.54) is 0 Å². The number of carbonyl (C=O) groups excluding carboxylic acids is 1. The first kappa shape index (κ1) is 17.7. The standard InChI is InChI=1S/C20H25N3OS/c1-15(2)23-13-9-16-17(7-6-8-18(16)23)21-20(24)19(10-14-25-3)22-11-4-5-12-22/h4-9,11-13,15,19H,10,14H2,1-3H3,(H,21,24). The van der Waals surface area contributed by atoms with Crippen molar-refractivity contribution in [1.82, 2.24) is 9.13 Å². The van der Waals surface area contributed by atoms with Crippen LogP contribution in [0.15, 0.2) is 55.0 Å². The minimum Gasteiger partial charge on any atom is -0.345 e. The third kappa shape index (κ3) is 3.76. The summed E-state index contributed by atoms with van der Waals surface area (Å²) in [5.74, 6) is 0.986. The molecule has 0 aliphatic carbocycles. The van der Waals surface area contributed by atoms with Crippen LogP contribution in [-0.2, 0) is 4.79 Å². The van der Waals surface area contributed by atoms with E-state index in [1.807, 2.05) is 41.2 Å². The number of fused-ring (bicyclic) bond motifs is 1. The van der Waals surface area contributed by atoms with Crippen LogP contribution in [-0.4, -0.2) is 27.1 Å². The first-order chi connectivity index (χ1) is 12.1. The Morgan fingerprint density at radius 1 is 1.12 bits per heavy atom. The maximum Gasteiger partial charge on any atom is 0.247 e. The fourth-order valence-electron chi connectivity index (χ4n) is 3.16. The van der Waals surface area contributed by atoms with Crippen molar-refractivity contribution in [3.8, 4) is 0 Å². The van der Waals surface area contributed by atoms with Crippen LogP contribution in [0, 0.1) is 0 Å². The number of benzene rings is 1. The molecule has 3 rings (SSSR count). The van der Waals surface area contributed by atoms with Crippen molar-refractivity contribution in [2.75, 3.05) is 17.3 Å². The van der Waals surface area contributed by atoms with E-state index < -0.39 is 0 Å². The predicted molar refractivity (Wildman–Crippen MR) is 107 cm³/mol. The smallest absolute Gasteiger partial charge is 0.247 e. The SMILES string of the molecule is CSCCC(C(=O)Nc1cccc2c1ccn2C(C)C)n1cccc1. The lowest BCUT2D eigenvalue weighted by Crippen LogP contribution is -2.26. The van der Waals surface area contributed by atoms with Crippen molar-refractivity contribution in [2.24, 2.45) is 0 Å². The highest BCUT2D eigenvalue weighted by Crippen LogP contribution is 2.28.